The van der Waals surface area contributed by atoms with E-state index < -0.39 is 0 Å². The van der Waals surface area contributed by atoms with Crippen LogP contribution in [0.25, 0.3) is 11.4 Å². The van der Waals surface area contributed by atoms with E-state index in [1.54, 1.807) is 0 Å². The van der Waals surface area contributed by atoms with Crippen LogP contribution in [0.5, 0.6) is 0 Å². The first-order chi connectivity index (χ1) is 14.0. The molecule has 0 spiro atoms. The smallest absolute Gasteiger partial charge is 0.226 e. The highest BCUT2D eigenvalue weighted by Gasteiger charge is 2.18. The minimum Gasteiger partial charge on any atom is -0.371 e. The van der Waals surface area contributed by atoms with Gasteiger partial charge in [0.05, 0.1) is 0 Å². The van der Waals surface area contributed by atoms with E-state index in [-0.39, 0.29) is 5.91 Å². The molecule has 1 amide bonds. The van der Waals surface area contributed by atoms with E-state index in [0.29, 0.717) is 17.7 Å². The molecule has 4 rings (SSSR count). The molecule has 2 heterocycles. The maximum Gasteiger partial charge on any atom is 0.226 e. The van der Waals surface area contributed by atoms with Crippen molar-refractivity contribution in [3.05, 3.63) is 58.4 Å². The fourth-order valence-electron chi connectivity index (χ4n) is 3.74. The van der Waals surface area contributed by atoms with Crippen molar-refractivity contribution in [1.82, 2.24) is 14.8 Å². The Bertz CT molecular complexity index is 1080. The summed E-state index contributed by atoms with van der Waals surface area (Å²) in [5.41, 5.74) is 5.57. The van der Waals surface area contributed by atoms with Gasteiger partial charge in [-0.3, -0.25) is 14.5 Å². The van der Waals surface area contributed by atoms with Crippen molar-refractivity contribution in [2.45, 2.75) is 33.2 Å². The number of anilines is 2. The monoisotopic (exact) mass is 407 g/mol. The number of carbonyl (C=O) groups excluding carboxylic acids is 1. The summed E-state index contributed by atoms with van der Waals surface area (Å²) in [6.07, 6.45) is 1.39. The van der Waals surface area contributed by atoms with Crippen LogP contribution in [-0.2, 0) is 17.8 Å². The van der Waals surface area contributed by atoms with Crippen LogP contribution in [0.3, 0.4) is 0 Å². The Balaban J connectivity index is 1.44. The predicted octanol–water partition coefficient (Wildman–Crippen LogP) is 4.33. The first kappa shape index (κ1) is 19.4. The van der Waals surface area contributed by atoms with Crippen molar-refractivity contribution < 1.29 is 4.79 Å². The maximum atomic E-state index is 12.6. The van der Waals surface area contributed by atoms with E-state index in [9.17, 15) is 4.79 Å². The van der Waals surface area contributed by atoms with E-state index in [1.807, 2.05) is 41.8 Å². The van der Waals surface area contributed by atoms with Crippen LogP contribution >= 0.6 is 12.2 Å². The van der Waals surface area contributed by atoms with Gasteiger partial charge in [0.1, 0.15) is 0 Å². The molecule has 0 unspecified atom stereocenters. The molecule has 3 aromatic rings. The van der Waals surface area contributed by atoms with E-state index in [2.05, 4.69) is 39.5 Å². The molecular weight excluding hydrogens is 382 g/mol. The largest absolute Gasteiger partial charge is 0.371 e. The number of hydrogen-bond donors (Lipinski definition) is 2. The lowest BCUT2D eigenvalue weighted by Gasteiger charge is -2.17. The number of rotatable bonds is 6. The molecule has 7 heteroatoms. The van der Waals surface area contributed by atoms with E-state index in [4.69, 9.17) is 12.2 Å². The van der Waals surface area contributed by atoms with Gasteiger partial charge in [-0.15, -0.1) is 0 Å². The fraction of sp³-hybridized carbons (Fsp3) is 0.318. The standard InChI is InChI=1S/C22H25N5OS/c1-3-26-12-10-16-8-9-18(14-19(16)26)23-20(28)11-13-27-21(24-25-22(27)29)17-6-4-15(2)5-7-17/h4-9,14H,3,10-13H2,1-2H3,(H,23,28)(H,25,29). The fourth-order valence-corrected chi connectivity index (χ4v) is 3.96. The zero-order valence-corrected chi connectivity index (χ0v) is 17.6. The zero-order valence-electron chi connectivity index (χ0n) is 16.7. The Morgan fingerprint density at radius 2 is 2.03 bits per heavy atom. The van der Waals surface area contributed by atoms with Crippen LogP contribution in [-0.4, -0.2) is 33.8 Å². The lowest BCUT2D eigenvalue weighted by Crippen LogP contribution is -2.19. The van der Waals surface area contributed by atoms with Crippen molar-refractivity contribution in [2.75, 3.05) is 23.3 Å². The van der Waals surface area contributed by atoms with E-state index in [1.165, 1.54) is 16.8 Å². The summed E-state index contributed by atoms with van der Waals surface area (Å²) in [7, 11) is 0. The predicted molar refractivity (Wildman–Crippen MR) is 119 cm³/mol. The zero-order chi connectivity index (χ0) is 20.4. The molecule has 1 aromatic heterocycles. The van der Waals surface area contributed by atoms with Crippen LogP contribution in [0.2, 0.25) is 0 Å². The minimum absolute atomic E-state index is 0.0380. The first-order valence-electron chi connectivity index (χ1n) is 9.95. The summed E-state index contributed by atoms with van der Waals surface area (Å²) in [5, 5.41) is 10.2. The number of amides is 1. The summed E-state index contributed by atoms with van der Waals surface area (Å²) in [6, 6.07) is 14.3. The molecule has 0 aliphatic carbocycles. The van der Waals surface area contributed by atoms with Crippen LogP contribution in [0.1, 0.15) is 24.5 Å². The molecule has 0 atom stereocenters. The number of H-pyrrole nitrogens is 1. The molecule has 1 aliphatic heterocycles. The second-order valence-corrected chi connectivity index (χ2v) is 7.73. The topological polar surface area (TPSA) is 66.0 Å². The Labute approximate surface area is 175 Å². The molecule has 0 radical (unpaired) electrons. The van der Waals surface area contributed by atoms with Crippen LogP contribution in [0.15, 0.2) is 42.5 Å². The molecule has 2 aromatic carbocycles. The average Bonchev–Trinajstić information content (AvgIpc) is 3.29. The highest BCUT2D eigenvalue weighted by atomic mass is 32.1. The molecule has 29 heavy (non-hydrogen) atoms. The highest BCUT2D eigenvalue weighted by Crippen LogP contribution is 2.30. The van der Waals surface area contributed by atoms with E-state index >= 15 is 0 Å². The summed E-state index contributed by atoms with van der Waals surface area (Å²) in [5.74, 6) is 0.711. The van der Waals surface area contributed by atoms with Crippen molar-refractivity contribution in [1.29, 1.82) is 0 Å². The number of carbonyl (C=O) groups is 1. The molecular formula is C22H25N5OS. The molecule has 2 N–H and O–H groups in total. The van der Waals surface area contributed by atoms with Gasteiger partial charge >= 0.3 is 0 Å². The third kappa shape index (κ3) is 4.10. The van der Waals surface area contributed by atoms with Gasteiger partial charge in [0.15, 0.2) is 10.6 Å². The van der Waals surface area contributed by atoms with Crippen molar-refractivity contribution in [3.63, 3.8) is 0 Å². The van der Waals surface area contributed by atoms with Gasteiger partial charge in [0.25, 0.3) is 0 Å². The molecule has 0 fully saturated rings. The highest BCUT2D eigenvalue weighted by molar-refractivity contribution is 7.71. The van der Waals surface area contributed by atoms with Gasteiger partial charge < -0.3 is 10.2 Å². The Morgan fingerprint density at radius 1 is 1.24 bits per heavy atom. The summed E-state index contributed by atoms with van der Waals surface area (Å²) in [4.78, 5) is 14.9. The molecule has 0 bridgehead atoms. The lowest BCUT2D eigenvalue weighted by atomic mass is 10.1. The van der Waals surface area contributed by atoms with Crippen LogP contribution < -0.4 is 10.2 Å². The number of aromatic nitrogens is 3. The minimum atomic E-state index is -0.0380. The second kappa shape index (κ2) is 8.21. The van der Waals surface area contributed by atoms with Gasteiger partial charge in [-0.1, -0.05) is 35.9 Å². The molecule has 150 valence electrons. The number of aryl methyl sites for hydroxylation is 1. The summed E-state index contributed by atoms with van der Waals surface area (Å²) in [6.45, 7) is 6.69. The van der Waals surface area contributed by atoms with Crippen LogP contribution in [0, 0.1) is 11.7 Å². The molecule has 0 saturated carbocycles. The summed E-state index contributed by atoms with van der Waals surface area (Å²) < 4.78 is 2.39. The van der Waals surface area contributed by atoms with Crippen molar-refractivity contribution in [3.8, 4) is 11.4 Å². The quantitative estimate of drug-likeness (QED) is 0.597. The summed E-state index contributed by atoms with van der Waals surface area (Å²) >= 11 is 5.37. The lowest BCUT2D eigenvalue weighted by molar-refractivity contribution is -0.116. The number of likely N-dealkylation sites (N-methyl/N-ethyl adjacent to an activating group) is 1. The van der Waals surface area contributed by atoms with Crippen molar-refractivity contribution in [2.24, 2.45) is 0 Å². The van der Waals surface area contributed by atoms with Gasteiger partial charge in [0.2, 0.25) is 5.91 Å². The van der Waals surface area contributed by atoms with Gasteiger partial charge in [-0.25, -0.2) is 0 Å². The Kier molecular flexibility index (Phi) is 5.49. The van der Waals surface area contributed by atoms with Gasteiger partial charge in [-0.05, 0) is 50.2 Å². The van der Waals surface area contributed by atoms with Crippen LogP contribution in [0.4, 0.5) is 11.4 Å². The number of benzene rings is 2. The number of hydrogen-bond acceptors (Lipinski definition) is 4. The van der Waals surface area contributed by atoms with Gasteiger partial charge in [0, 0.05) is 43.0 Å². The number of fused-ring (bicyclic) bond motifs is 1. The third-order valence-electron chi connectivity index (χ3n) is 5.37. The molecule has 1 aliphatic rings. The Hall–Kier alpha value is -2.93. The van der Waals surface area contributed by atoms with Crippen molar-refractivity contribution >= 4 is 29.5 Å². The normalized spacial score (nSPS) is 12.8. The SMILES string of the molecule is CCN1CCc2ccc(NC(=O)CCn3c(-c4ccc(C)cc4)n[nH]c3=S)cc21. The average molecular weight is 408 g/mol. The Morgan fingerprint density at radius 3 is 2.79 bits per heavy atom. The maximum absolute atomic E-state index is 12.6. The number of aromatic amines is 1. The first-order valence-corrected chi connectivity index (χ1v) is 10.4. The van der Waals surface area contributed by atoms with Gasteiger partial charge in [-0.2, -0.15) is 5.10 Å². The second-order valence-electron chi connectivity index (χ2n) is 7.34. The number of nitrogens with one attached hydrogen (secondary N) is 2. The molecule has 0 saturated heterocycles. The third-order valence-corrected chi connectivity index (χ3v) is 5.68. The van der Waals surface area contributed by atoms with E-state index in [0.717, 1.165) is 36.6 Å². The number of nitrogens with zero attached hydrogens (tertiary/aromatic N) is 3. The molecule has 6 nitrogen and oxygen atoms in total.